The lowest BCUT2D eigenvalue weighted by molar-refractivity contribution is -0.124. The number of amides is 3. The molecule has 8 heteroatoms. The molecule has 16 heavy (non-hydrogen) atoms. The highest BCUT2D eigenvalue weighted by Crippen LogP contribution is 1.96. The van der Waals surface area contributed by atoms with Crippen LogP contribution >= 0.6 is 24.0 Å². The lowest BCUT2D eigenvalue weighted by Crippen LogP contribution is -2.42. The van der Waals surface area contributed by atoms with Gasteiger partial charge >= 0.3 is 6.03 Å². The molecule has 0 spiro atoms. The van der Waals surface area contributed by atoms with E-state index in [4.69, 9.17) is 0 Å². The molecule has 0 atom stereocenters. The van der Waals surface area contributed by atoms with Gasteiger partial charge in [0.25, 0.3) is 0 Å². The van der Waals surface area contributed by atoms with E-state index in [1.807, 2.05) is 0 Å². The Morgan fingerprint density at radius 1 is 1.56 bits per heavy atom. The maximum absolute atomic E-state index is 11.2. The predicted molar refractivity (Wildman–Crippen MR) is 70.9 cm³/mol. The van der Waals surface area contributed by atoms with Crippen LogP contribution in [0.3, 0.4) is 0 Å². The van der Waals surface area contributed by atoms with Gasteiger partial charge in [0.2, 0.25) is 5.91 Å². The van der Waals surface area contributed by atoms with Gasteiger partial charge in [-0.2, -0.15) is 0 Å². The molecule has 92 valence electrons. The molecule has 0 aromatic carbocycles. The first-order valence-corrected chi connectivity index (χ1v) is 4.65. The van der Waals surface area contributed by atoms with Gasteiger partial charge in [-0.3, -0.25) is 14.7 Å². The number of urea groups is 1. The van der Waals surface area contributed by atoms with E-state index in [-0.39, 0.29) is 42.5 Å². The van der Waals surface area contributed by atoms with Crippen LogP contribution in [0.2, 0.25) is 0 Å². The summed E-state index contributed by atoms with van der Waals surface area (Å²) in [5, 5.41) is 8.24. The van der Waals surface area contributed by atoms with Crippen molar-refractivity contribution in [3.63, 3.8) is 0 Å². The van der Waals surface area contributed by atoms with Gasteiger partial charge in [-0.1, -0.05) is 0 Å². The van der Waals surface area contributed by atoms with Crippen molar-refractivity contribution < 1.29 is 9.59 Å². The van der Waals surface area contributed by atoms with Gasteiger partial charge in [0.15, 0.2) is 5.96 Å². The molecular weight excluding hydrogens is 325 g/mol. The molecule has 1 fully saturated rings. The molecule has 0 unspecified atom stereocenters. The first-order chi connectivity index (χ1) is 7.19. The molecular formula is C8H16IN5O2. The third-order valence-electron chi connectivity index (χ3n) is 2.03. The molecule has 1 aliphatic heterocycles. The van der Waals surface area contributed by atoms with E-state index in [2.05, 4.69) is 20.9 Å². The highest BCUT2D eigenvalue weighted by molar-refractivity contribution is 14.0. The fourth-order valence-electron chi connectivity index (χ4n) is 1.25. The number of nitrogens with zero attached hydrogens (tertiary/aromatic N) is 2. The molecule has 1 aliphatic rings. The maximum Gasteiger partial charge on any atom is 0.324 e. The van der Waals surface area contributed by atoms with E-state index >= 15 is 0 Å². The summed E-state index contributed by atoms with van der Waals surface area (Å²) in [6.07, 6.45) is 0. The zero-order chi connectivity index (χ0) is 11.3. The van der Waals surface area contributed by atoms with Crippen LogP contribution in [0.5, 0.6) is 0 Å². The second-order valence-electron chi connectivity index (χ2n) is 2.95. The molecule has 0 saturated carbocycles. The largest absolute Gasteiger partial charge is 0.359 e. The van der Waals surface area contributed by atoms with Gasteiger partial charge < -0.3 is 16.0 Å². The Morgan fingerprint density at radius 2 is 2.25 bits per heavy atom. The highest BCUT2D eigenvalue weighted by Gasteiger charge is 2.27. The zero-order valence-electron chi connectivity index (χ0n) is 9.24. The van der Waals surface area contributed by atoms with Crippen molar-refractivity contribution >= 4 is 41.9 Å². The number of rotatable bonds is 3. The molecule has 7 nitrogen and oxygen atoms in total. The molecule has 1 saturated heterocycles. The van der Waals surface area contributed by atoms with Crippen LogP contribution in [-0.4, -0.2) is 56.5 Å². The Balaban J connectivity index is 0.00000225. The third kappa shape index (κ3) is 3.83. The molecule has 1 rings (SSSR count). The van der Waals surface area contributed by atoms with E-state index in [9.17, 15) is 9.59 Å². The molecule has 0 aromatic rings. The number of imide groups is 1. The Bertz CT molecular complexity index is 278. The van der Waals surface area contributed by atoms with Crippen molar-refractivity contribution in [1.29, 1.82) is 0 Å². The van der Waals surface area contributed by atoms with E-state index in [0.29, 0.717) is 19.0 Å². The number of guanidine groups is 1. The number of aliphatic imine (C=N–C) groups is 1. The highest BCUT2D eigenvalue weighted by atomic mass is 127. The fraction of sp³-hybridized carbons (Fsp3) is 0.625. The minimum atomic E-state index is -0.332. The first-order valence-electron chi connectivity index (χ1n) is 4.65. The molecule has 0 radical (unpaired) electrons. The fourth-order valence-corrected chi connectivity index (χ4v) is 1.25. The molecule has 3 amide bonds. The summed E-state index contributed by atoms with van der Waals surface area (Å²) in [5.41, 5.74) is 0. The van der Waals surface area contributed by atoms with Crippen LogP contribution in [0, 0.1) is 0 Å². The average molecular weight is 341 g/mol. The lowest BCUT2D eigenvalue weighted by Gasteiger charge is -2.13. The molecule has 0 aliphatic carbocycles. The summed E-state index contributed by atoms with van der Waals surface area (Å²) >= 11 is 0. The Kier molecular flexibility index (Phi) is 6.77. The summed E-state index contributed by atoms with van der Waals surface area (Å²) in [4.78, 5) is 27.4. The second-order valence-corrected chi connectivity index (χ2v) is 2.95. The van der Waals surface area contributed by atoms with Crippen molar-refractivity contribution in [2.75, 3.05) is 33.7 Å². The second kappa shape index (κ2) is 7.25. The minimum Gasteiger partial charge on any atom is -0.359 e. The van der Waals surface area contributed by atoms with Gasteiger partial charge in [-0.15, -0.1) is 24.0 Å². The summed E-state index contributed by atoms with van der Waals surface area (Å²) in [7, 11) is 3.38. The van der Waals surface area contributed by atoms with E-state index < -0.39 is 0 Å². The van der Waals surface area contributed by atoms with Crippen molar-refractivity contribution in [1.82, 2.24) is 20.9 Å². The van der Waals surface area contributed by atoms with Gasteiger partial charge in [0.05, 0.1) is 6.54 Å². The van der Waals surface area contributed by atoms with Crippen LogP contribution in [-0.2, 0) is 4.79 Å². The molecule has 0 aromatic heterocycles. The van der Waals surface area contributed by atoms with Crippen LogP contribution in [0.1, 0.15) is 0 Å². The summed E-state index contributed by atoms with van der Waals surface area (Å²) in [6.45, 7) is 0.914. The average Bonchev–Trinajstić information content (AvgIpc) is 2.55. The third-order valence-corrected chi connectivity index (χ3v) is 2.03. The van der Waals surface area contributed by atoms with Crippen molar-refractivity contribution in [3.05, 3.63) is 0 Å². The maximum atomic E-state index is 11.2. The summed E-state index contributed by atoms with van der Waals surface area (Å²) < 4.78 is 0. The zero-order valence-corrected chi connectivity index (χ0v) is 11.6. The Hall–Kier alpha value is -1.06. The molecule has 3 N–H and O–H groups in total. The van der Waals surface area contributed by atoms with Crippen LogP contribution in [0.25, 0.3) is 0 Å². The SMILES string of the molecule is CN=C(NC)NCCN1C(=O)CNC1=O.I. The summed E-state index contributed by atoms with van der Waals surface area (Å²) in [5.74, 6) is 0.434. The Labute approximate surface area is 111 Å². The lowest BCUT2D eigenvalue weighted by atomic mass is 10.5. The van der Waals surface area contributed by atoms with Crippen LogP contribution in [0.15, 0.2) is 4.99 Å². The first kappa shape index (κ1) is 14.9. The predicted octanol–water partition coefficient (Wildman–Crippen LogP) is -1.05. The number of hydrogen-bond donors (Lipinski definition) is 3. The number of carbonyl (C=O) groups excluding carboxylic acids is 2. The standard InChI is InChI=1S/C8H15N5O2.HI/c1-9-7(10-2)11-3-4-13-6(14)5-12-8(13)15;/h3-5H2,1-2H3,(H,12,15)(H2,9,10,11);1H. The Morgan fingerprint density at radius 3 is 2.69 bits per heavy atom. The van der Waals surface area contributed by atoms with Crippen LogP contribution in [0.4, 0.5) is 4.79 Å². The van der Waals surface area contributed by atoms with E-state index in [1.165, 1.54) is 4.90 Å². The van der Waals surface area contributed by atoms with Crippen molar-refractivity contribution in [2.45, 2.75) is 0 Å². The van der Waals surface area contributed by atoms with Gasteiger partial charge in [-0.25, -0.2) is 4.79 Å². The van der Waals surface area contributed by atoms with Gasteiger partial charge in [0, 0.05) is 27.2 Å². The minimum absolute atomic E-state index is 0. The number of halogens is 1. The van der Waals surface area contributed by atoms with E-state index in [0.717, 1.165) is 0 Å². The summed E-state index contributed by atoms with van der Waals surface area (Å²) in [6, 6.07) is -0.332. The normalized spacial score (nSPS) is 15.6. The topological polar surface area (TPSA) is 85.8 Å². The van der Waals surface area contributed by atoms with E-state index in [1.54, 1.807) is 14.1 Å². The number of carbonyl (C=O) groups is 2. The van der Waals surface area contributed by atoms with Crippen molar-refractivity contribution in [2.24, 2.45) is 4.99 Å². The molecule has 0 bridgehead atoms. The molecule has 1 heterocycles. The quantitative estimate of drug-likeness (QED) is 0.265. The van der Waals surface area contributed by atoms with Crippen molar-refractivity contribution in [3.8, 4) is 0 Å². The number of hydrogen-bond acceptors (Lipinski definition) is 3. The smallest absolute Gasteiger partial charge is 0.324 e. The monoisotopic (exact) mass is 341 g/mol. The number of nitrogens with one attached hydrogen (secondary N) is 3. The van der Waals surface area contributed by atoms with Gasteiger partial charge in [0.1, 0.15) is 0 Å². The van der Waals surface area contributed by atoms with Crippen LogP contribution < -0.4 is 16.0 Å². The van der Waals surface area contributed by atoms with Gasteiger partial charge in [-0.05, 0) is 0 Å².